The molecule has 0 radical (unpaired) electrons. The summed E-state index contributed by atoms with van der Waals surface area (Å²) in [6, 6.07) is 20.6. The van der Waals surface area contributed by atoms with Crippen molar-refractivity contribution in [1.29, 1.82) is 0 Å². The molecule has 4 amide bonds. The monoisotopic (exact) mass is 1350 g/mol. The number of aromatic nitrogens is 2. The zero-order valence-corrected chi connectivity index (χ0v) is 51.5. The van der Waals surface area contributed by atoms with Crippen molar-refractivity contribution in [2.75, 3.05) is 26.3 Å². The third-order valence-electron chi connectivity index (χ3n) is 15.0. The zero-order valence-electron chi connectivity index (χ0n) is 41.6. The number of rotatable bonds is 16. The minimum absolute atomic E-state index is 0.0621. The Morgan fingerprint density at radius 2 is 1.15 bits per heavy atom. The molecule has 16 nitrogen and oxygen atoms in total. The molecule has 4 fully saturated rings. The average Bonchev–Trinajstić information content (AvgIpc) is 4.02. The first-order chi connectivity index (χ1) is 34.7. The molecular formula is C50H59Br5N10O6Si2. The van der Waals surface area contributed by atoms with Crippen molar-refractivity contribution in [2.45, 2.75) is 107 Å². The molecule has 1 aliphatic carbocycles. The molecule has 1 unspecified atom stereocenters. The van der Waals surface area contributed by atoms with E-state index in [2.05, 4.69) is 130 Å². The largest absolute Gasteiger partial charge is 0.361 e. The van der Waals surface area contributed by atoms with E-state index in [4.69, 9.17) is 19.5 Å². The number of carbonyl (C=O) groups is 4. The van der Waals surface area contributed by atoms with E-state index in [1.54, 1.807) is 31.1 Å². The van der Waals surface area contributed by atoms with Gasteiger partial charge in [0.15, 0.2) is 5.54 Å². The molecule has 3 saturated heterocycles. The van der Waals surface area contributed by atoms with Gasteiger partial charge < -0.3 is 29.2 Å². The van der Waals surface area contributed by atoms with Crippen LogP contribution < -0.4 is 10.6 Å². The van der Waals surface area contributed by atoms with Gasteiger partial charge in [0.2, 0.25) is 11.9 Å². The van der Waals surface area contributed by atoms with Gasteiger partial charge in [-0.3, -0.25) is 29.0 Å². The lowest BCUT2D eigenvalue weighted by molar-refractivity contribution is -0.135. The quantitative estimate of drug-likeness (QED) is 0.0639. The minimum atomic E-state index is -1.42. The van der Waals surface area contributed by atoms with Crippen LogP contribution in [0.15, 0.2) is 88.8 Å². The fourth-order valence-corrected chi connectivity index (χ4v) is 15.7. The normalized spacial score (nSPS) is 24.0. The van der Waals surface area contributed by atoms with Crippen molar-refractivity contribution < 1.29 is 28.7 Å². The molecule has 2 aromatic carbocycles. The third kappa shape index (κ3) is 9.53. The lowest BCUT2D eigenvalue weighted by atomic mass is 9.78. The van der Waals surface area contributed by atoms with Crippen molar-refractivity contribution in [3.63, 3.8) is 0 Å². The Morgan fingerprint density at radius 3 is 1.66 bits per heavy atom. The highest BCUT2D eigenvalue weighted by Gasteiger charge is 2.82. The van der Waals surface area contributed by atoms with Crippen LogP contribution in [0.25, 0.3) is 0 Å². The Hall–Kier alpha value is -3.43. The minimum Gasteiger partial charge on any atom is -0.361 e. The van der Waals surface area contributed by atoms with Crippen molar-refractivity contribution in [1.82, 2.24) is 39.6 Å². The lowest BCUT2D eigenvalue weighted by Crippen LogP contribution is -2.59. The van der Waals surface area contributed by atoms with Gasteiger partial charge in [-0.2, -0.15) is 0 Å². The standard InChI is InChI=1S/C50H59Br5N10O6Si2/c1-72(2,3)17-15-70-27-62-37(19-35(51)42(62)54)44(66)56-23-33-34(24-57-45(67)38-20-36(52)43(55)63(38)28-71-16-18-73(4,5)6)41(53)50-39(33)40-46(68)60-25-31-13-9-7-11-29(31)21-58-48(60)64(40)65(50)49-59-22-30-12-8-10-14-32(30)26-61(49)47(50)69/h7-14,19-20,33-34,39-41H,15-18,21-28H2,1-6H3,(H,56,66)(H,57,67)/t33-,34+,39-,40?,41+,50+/m1/s1. The van der Waals surface area contributed by atoms with E-state index in [0.717, 1.165) is 34.3 Å². The van der Waals surface area contributed by atoms with Gasteiger partial charge in [0, 0.05) is 48.4 Å². The number of hydrogen-bond acceptors (Lipinski definition) is 10. The number of alkyl halides is 1. The van der Waals surface area contributed by atoms with Crippen LogP contribution in [0.4, 0.5) is 0 Å². The third-order valence-corrected chi connectivity index (χ3v) is 23.8. The van der Waals surface area contributed by atoms with Crippen molar-refractivity contribution in [3.8, 4) is 0 Å². The Kier molecular flexibility index (Phi) is 14.9. The number of ether oxygens (including phenoxy) is 2. The number of nitrogens with zero attached hydrogens (tertiary/aromatic N) is 8. The first kappa shape index (κ1) is 53.0. The molecule has 6 atom stereocenters. The van der Waals surface area contributed by atoms with Gasteiger partial charge >= 0.3 is 0 Å². The van der Waals surface area contributed by atoms with Crippen LogP contribution in [0.2, 0.25) is 51.4 Å². The highest BCUT2D eigenvalue weighted by atomic mass is 79.9. The summed E-state index contributed by atoms with van der Waals surface area (Å²) in [5, 5.41) is 10.4. The molecule has 2 N–H and O–H groups in total. The van der Waals surface area contributed by atoms with Gasteiger partial charge in [-0.05, 0) is 122 Å². The molecule has 5 aliphatic heterocycles. The van der Waals surface area contributed by atoms with E-state index in [1.165, 1.54) is 0 Å². The summed E-state index contributed by atoms with van der Waals surface area (Å²) < 4.78 is 18.6. The maximum absolute atomic E-state index is 16.1. The molecule has 7 heterocycles. The van der Waals surface area contributed by atoms with E-state index in [0.29, 0.717) is 74.3 Å². The van der Waals surface area contributed by atoms with Crippen molar-refractivity contribution >= 4 is 131 Å². The number of benzene rings is 2. The van der Waals surface area contributed by atoms with E-state index in [9.17, 15) is 9.59 Å². The summed E-state index contributed by atoms with van der Waals surface area (Å²) in [5.74, 6) is -2.00. The van der Waals surface area contributed by atoms with Crippen LogP contribution in [0.5, 0.6) is 0 Å². The van der Waals surface area contributed by atoms with Crippen LogP contribution in [-0.2, 0) is 58.7 Å². The van der Waals surface area contributed by atoms with Crippen molar-refractivity contribution in [3.05, 3.63) is 112 Å². The average molecular weight is 1350 g/mol. The van der Waals surface area contributed by atoms with Crippen LogP contribution in [0, 0.1) is 17.8 Å². The Labute approximate surface area is 469 Å². The van der Waals surface area contributed by atoms with Gasteiger partial charge in [-0.1, -0.05) is 104 Å². The molecule has 388 valence electrons. The fraction of sp³-hybridized carbons (Fsp3) is 0.480. The number of fused-ring (bicyclic) bond motifs is 9. The lowest BCUT2D eigenvalue weighted by Gasteiger charge is -2.37. The van der Waals surface area contributed by atoms with Crippen LogP contribution >= 0.6 is 79.6 Å². The predicted molar refractivity (Wildman–Crippen MR) is 302 cm³/mol. The second-order valence-electron chi connectivity index (χ2n) is 22.1. The number of amides is 4. The molecule has 1 saturated carbocycles. The van der Waals surface area contributed by atoms with Crippen LogP contribution in [0.1, 0.15) is 43.2 Å². The van der Waals surface area contributed by atoms with Crippen LogP contribution in [-0.4, -0.2) is 123 Å². The van der Waals surface area contributed by atoms with Gasteiger partial charge in [0.25, 0.3) is 23.6 Å². The SMILES string of the molecule is C[Si](C)(C)CCOCn1c(C(=O)NC[C@@H]2[C@H](CNC(=O)c3cc(Br)c(Br)n3COCC[Si](C)(C)C)[C@H](Br)[C@@]34C(=O)N5Cc6ccccc6CN=C5N3N3C5=NCc6ccccc6CN5C(=O)C3[C@@H]24)cc(Br)c1Br. The molecular weight excluding hydrogens is 1290 g/mol. The van der Waals surface area contributed by atoms with Crippen LogP contribution in [0.3, 0.4) is 0 Å². The zero-order chi connectivity index (χ0) is 51.9. The first-order valence-electron chi connectivity index (χ1n) is 24.6. The summed E-state index contributed by atoms with van der Waals surface area (Å²) >= 11 is 18.8. The number of aliphatic imine (C=N–C) groups is 2. The summed E-state index contributed by atoms with van der Waals surface area (Å²) in [7, 11) is -2.75. The first-order valence-corrected chi connectivity index (χ1v) is 36.1. The fourth-order valence-electron chi connectivity index (χ4n) is 11.2. The maximum Gasteiger partial charge on any atom is 0.268 e. The van der Waals surface area contributed by atoms with E-state index in [-0.39, 0.29) is 56.7 Å². The second kappa shape index (κ2) is 20.5. The Balaban J connectivity index is 1.04. The summed E-state index contributed by atoms with van der Waals surface area (Å²) in [5.41, 5.74) is 3.33. The molecule has 0 bridgehead atoms. The molecule has 2 aromatic heterocycles. The van der Waals surface area contributed by atoms with Gasteiger partial charge in [-0.25, -0.2) is 20.0 Å². The number of carbonyl (C=O) groups excluding carboxylic acids is 4. The second-order valence-corrected chi connectivity index (χ2v) is 37.5. The van der Waals surface area contributed by atoms with Gasteiger partial charge in [0.1, 0.15) is 40.1 Å². The summed E-state index contributed by atoms with van der Waals surface area (Å²) in [6.07, 6.45) is 0. The highest BCUT2D eigenvalue weighted by Crippen LogP contribution is 2.63. The summed E-state index contributed by atoms with van der Waals surface area (Å²) in [4.78, 5) is 74.1. The smallest absolute Gasteiger partial charge is 0.268 e. The van der Waals surface area contributed by atoms with E-state index < -0.39 is 50.3 Å². The van der Waals surface area contributed by atoms with Crippen molar-refractivity contribution in [2.24, 2.45) is 27.7 Å². The Morgan fingerprint density at radius 1 is 0.685 bits per heavy atom. The number of hydrogen-bond donors (Lipinski definition) is 2. The molecule has 23 heteroatoms. The number of hydrazine groups is 1. The molecule has 10 rings (SSSR count). The number of nitrogens with one attached hydrogen (secondary N) is 2. The maximum atomic E-state index is 16.1. The van der Waals surface area contributed by atoms with Gasteiger partial charge in [-0.15, -0.1) is 0 Å². The molecule has 73 heavy (non-hydrogen) atoms. The van der Waals surface area contributed by atoms with E-state index in [1.807, 2.05) is 58.5 Å². The highest BCUT2D eigenvalue weighted by molar-refractivity contribution is 9.13. The number of halogens is 5. The Bertz CT molecular complexity index is 2960. The van der Waals surface area contributed by atoms with E-state index >= 15 is 9.59 Å². The predicted octanol–water partition coefficient (Wildman–Crippen LogP) is 9.21. The van der Waals surface area contributed by atoms with Gasteiger partial charge in [0.05, 0.1) is 40.0 Å². The molecule has 4 aromatic rings. The molecule has 1 spiro atoms. The topological polar surface area (TPSA) is 158 Å². The summed E-state index contributed by atoms with van der Waals surface area (Å²) in [6.45, 7) is 16.6. The molecule has 6 aliphatic rings. The number of guanidine groups is 2.